The number of ether oxygens (including phenoxy) is 2. The molecular formula is C19H21NO4. The minimum Gasteiger partial charge on any atom is -0.481 e. The number of para-hydroxylation sites is 1. The molecule has 0 aliphatic heterocycles. The van der Waals surface area contributed by atoms with Gasteiger partial charge in [-0.3, -0.25) is 4.79 Å². The third-order valence-electron chi connectivity index (χ3n) is 3.43. The molecule has 24 heavy (non-hydrogen) atoms. The molecule has 126 valence electrons. The van der Waals surface area contributed by atoms with Crippen molar-refractivity contribution in [2.24, 2.45) is 0 Å². The van der Waals surface area contributed by atoms with Crippen LogP contribution in [0.15, 0.2) is 48.5 Å². The van der Waals surface area contributed by atoms with E-state index in [1.807, 2.05) is 25.1 Å². The van der Waals surface area contributed by atoms with E-state index in [-0.39, 0.29) is 5.91 Å². The van der Waals surface area contributed by atoms with E-state index in [9.17, 15) is 9.59 Å². The van der Waals surface area contributed by atoms with Gasteiger partial charge in [-0.25, -0.2) is 4.79 Å². The number of aryl methyl sites for hydroxylation is 1. The lowest BCUT2D eigenvalue weighted by Crippen LogP contribution is -2.30. The van der Waals surface area contributed by atoms with Crippen LogP contribution in [0.1, 0.15) is 29.8 Å². The lowest BCUT2D eigenvalue weighted by atomic mass is 10.1. The zero-order chi connectivity index (χ0) is 17.5. The van der Waals surface area contributed by atoms with Crippen molar-refractivity contribution in [2.45, 2.75) is 26.9 Å². The third-order valence-corrected chi connectivity index (χ3v) is 3.43. The number of rotatable bonds is 6. The van der Waals surface area contributed by atoms with Crippen molar-refractivity contribution in [3.05, 3.63) is 59.7 Å². The predicted molar refractivity (Wildman–Crippen MR) is 92.3 cm³/mol. The number of amides is 1. The van der Waals surface area contributed by atoms with Gasteiger partial charge in [-0.2, -0.15) is 0 Å². The summed E-state index contributed by atoms with van der Waals surface area (Å²) in [7, 11) is 0. The normalized spacial score (nSPS) is 11.5. The Balaban J connectivity index is 2.07. The van der Waals surface area contributed by atoms with Crippen molar-refractivity contribution in [3.8, 4) is 5.75 Å². The highest BCUT2D eigenvalue weighted by Crippen LogP contribution is 2.19. The van der Waals surface area contributed by atoms with Gasteiger partial charge in [-0.1, -0.05) is 24.3 Å². The highest BCUT2D eigenvalue weighted by molar-refractivity contribution is 5.97. The Morgan fingerprint density at radius 2 is 1.83 bits per heavy atom. The summed E-state index contributed by atoms with van der Waals surface area (Å²) in [5, 5.41) is 2.80. The molecule has 5 nitrogen and oxygen atoms in total. The van der Waals surface area contributed by atoms with Crippen LogP contribution in [-0.2, 0) is 9.53 Å². The summed E-state index contributed by atoms with van der Waals surface area (Å²) < 4.78 is 10.6. The molecule has 0 fully saturated rings. The molecule has 0 aliphatic rings. The second kappa shape index (κ2) is 8.15. The molecule has 0 aliphatic carbocycles. The number of hydrogen-bond acceptors (Lipinski definition) is 4. The van der Waals surface area contributed by atoms with Gasteiger partial charge in [0.1, 0.15) is 5.75 Å². The summed E-state index contributed by atoms with van der Waals surface area (Å²) in [6.45, 7) is 5.58. The van der Waals surface area contributed by atoms with Gasteiger partial charge in [0.15, 0.2) is 6.10 Å². The molecule has 1 N–H and O–H groups in total. The van der Waals surface area contributed by atoms with Crippen molar-refractivity contribution in [1.29, 1.82) is 0 Å². The first-order chi connectivity index (χ1) is 11.5. The Bertz CT molecular complexity index is 713. The van der Waals surface area contributed by atoms with Crippen molar-refractivity contribution < 1.29 is 19.1 Å². The van der Waals surface area contributed by atoms with E-state index in [0.29, 0.717) is 23.6 Å². The predicted octanol–water partition coefficient (Wildman–Crippen LogP) is 3.58. The number of nitrogens with one attached hydrogen (secondary N) is 1. The van der Waals surface area contributed by atoms with E-state index >= 15 is 0 Å². The fourth-order valence-corrected chi connectivity index (χ4v) is 2.09. The Labute approximate surface area is 141 Å². The summed E-state index contributed by atoms with van der Waals surface area (Å²) in [6.07, 6.45) is -0.668. The number of hydrogen-bond donors (Lipinski definition) is 1. The number of benzene rings is 2. The molecule has 5 heteroatoms. The average Bonchev–Trinajstić information content (AvgIpc) is 2.57. The molecule has 0 radical (unpaired) electrons. The smallest absolute Gasteiger partial charge is 0.338 e. The molecule has 2 aromatic carbocycles. The minimum atomic E-state index is -0.668. The van der Waals surface area contributed by atoms with Gasteiger partial charge < -0.3 is 14.8 Å². The van der Waals surface area contributed by atoms with E-state index in [1.54, 1.807) is 44.2 Å². The van der Waals surface area contributed by atoms with Gasteiger partial charge >= 0.3 is 5.97 Å². The van der Waals surface area contributed by atoms with Crippen LogP contribution in [0, 0.1) is 6.92 Å². The second-order valence-corrected chi connectivity index (χ2v) is 5.31. The minimum absolute atomic E-state index is 0.289. The maximum atomic E-state index is 12.3. The Morgan fingerprint density at radius 3 is 2.50 bits per heavy atom. The fraction of sp³-hybridized carbons (Fsp3) is 0.263. The van der Waals surface area contributed by atoms with Crippen molar-refractivity contribution in [2.75, 3.05) is 11.9 Å². The Kier molecular flexibility index (Phi) is 5.95. The van der Waals surface area contributed by atoms with Crippen LogP contribution >= 0.6 is 0 Å². The summed E-state index contributed by atoms with van der Waals surface area (Å²) >= 11 is 0. The van der Waals surface area contributed by atoms with Crippen LogP contribution < -0.4 is 10.1 Å². The lowest BCUT2D eigenvalue weighted by molar-refractivity contribution is -0.122. The Hall–Kier alpha value is -2.82. The van der Waals surface area contributed by atoms with E-state index < -0.39 is 12.1 Å². The molecule has 0 saturated heterocycles. The first-order valence-electron chi connectivity index (χ1n) is 7.81. The van der Waals surface area contributed by atoms with E-state index in [2.05, 4.69) is 5.32 Å². The van der Waals surface area contributed by atoms with Crippen molar-refractivity contribution in [1.82, 2.24) is 0 Å². The van der Waals surface area contributed by atoms with Crippen LogP contribution in [0.4, 0.5) is 5.69 Å². The number of carbonyl (C=O) groups is 2. The summed E-state index contributed by atoms with van der Waals surface area (Å²) in [4.78, 5) is 24.1. The maximum absolute atomic E-state index is 12.3. The van der Waals surface area contributed by atoms with Crippen molar-refractivity contribution in [3.63, 3.8) is 0 Å². The standard InChI is InChI=1S/C19H21NO4/c1-4-23-19(22)15-11-10-13(2)17(12-15)20-18(21)14(3)24-16-8-6-5-7-9-16/h5-12,14H,4H2,1-3H3,(H,20,21)/t14-/m0/s1. The van der Waals surface area contributed by atoms with E-state index in [0.717, 1.165) is 5.56 Å². The Morgan fingerprint density at radius 1 is 1.12 bits per heavy atom. The number of esters is 1. The summed E-state index contributed by atoms with van der Waals surface area (Å²) in [6, 6.07) is 14.2. The molecular weight excluding hydrogens is 306 g/mol. The maximum Gasteiger partial charge on any atom is 0.338 e. The van der Waals surface area contributed by atoms with Gasteiger partial charge in [0, 0.05) is 5.69 Å². The van der Waals surface area contributed by atoms with Crippen LogP contribution in [0.3, 0.4) is 0 Å². The van der Waals surface area contributed by atoms with Gasteiger partial charge in [-0.15, -0.1) is 0 Å². The van der Waals surface area contributed by atoms with Crippen LogP contribution in [0.5, 0.6) is 5.75 Å². The van der Waals surface area contributed by atoms with Gasteiger partial charge in [0.05, 0.1) is 12.2 Å². The lowest BCUT2D eigenvalue weighted by Gasteiger charge is -2.16. The van der Waals surface area contributed by atoms with Crippen molar-refractivity contribution >= 4 is 17.6 Å². The summed E-state index contributed by atoms with van der Waals surface area (Å²) in [5.41, 5.74) is 1.81. The van der Waals surface area contributed by atoms with Crippen LogP contribution in [0.25, 0.3) is 0 Å². The molecule has 0 unspecified atom stereocenters. The quantitative estimate of drug-likeness (QED) is 0.824. The molecule has 0 spiro atoms. The SMILES string of the molecule is CCOC(=O)c1ccc(C)c(NC(=O)[C@H](C)Oc2ccccc2)c1. The zero-order valence-corrected chi connectivity index (χ0v) is 14.0. The molecule has 0 aromatic heterocycles. The van der Waals surface area contributed by atoms with E-state index in [1.165, 1.54) is 0 Å². The average molecular weight is 327 g/mol. The third kappa shape index (κ3) is 4.59. The monoisotopic (exact) mass is 327 g/mol. The number of anilines is 1. The topological polar surface area (TPSA) is 64.6 Å². The molecule has 2 aromatic rings. The molecule has 0 heterocycles. The fourth-order valence-electron chi connectivity index (χ4n) is 2.09. The first kappa shape index (κ1) is 17.5. The largest absolute Gasteiger partial charge is 0.481 e. The second-order valence-electron chi connectivity index (χ2n) is 5.31. The zero-order valence-electron chi connectivity index (χ0n) is 14.0. The molecule has 1 atom stereocenters. The van der Waals surface area contributed by atoms with E-state index in [4.69, 9.17) is 9.47 Å². The summed E-state index contributed by atoms with van der Waals surface area (Å²) in [5.74, 6) is -0.0818. The molecule has 1 amide bonds. The van der Waals surface area contributed by atoms with Gasteiger partial charge in [0.25, 0.3) is 5.91 Å². The highest BCUT2D eigenvalue weighted by Gasteiger charge is 2.17. The van der Waals surface area contributed by atoms with Gasteiger partial charge in [-0.05, 0) is 50.6 Å². The molecule has 0 saturated carbocycles. The number of carbonyl (C=O) groups excluding carboxylic acids is 2. The van der Waals surface area contributed by atoms with Gasteiger partial charge in [0.2, 0.25) is 0 Å². The first-order valence-corrected chi connectivity index (χ1v) is 7.81. The van der Waals surface area contributed by atoms with Crippen LogP contribution in [0.2, 0.25) is 0 Å². The molecule has 2 rings (SSSR count). The molecule has 0 bridgehead atoms. The highest BCUT2D eigenvalue weighted by atomic mass is 16.5. The van der Waals surface area contributed by atoms with Crippen LogP contribution in [-0.4, -0.2) is 24.6 Å².